The minimum absolute atomic E-state index is 0.0203. The van der Waals surface area contributed by atoms with Gasteiger partial charge in [0.2, 0.25) is 0 Å². The van der Waals surface area contributed by atoms with Crippen LogP contribution in [0.25, 0.3) is 0 Å². The lowest BCUT2D eigenvalue weighted by molar-refractivity contribution is -0.229. The zero-order chi connectivity index (χ0) is 33.8. The van der Waals surface area contributed by atoms with Crippen LogP contribution in [0.15, 0.2) is 36.4 Å². The van der Waals surface area contributed by atoms with Gasteiger partial charge in [-0.05, 0) is 113 Å². The number of piperazine rings is 1. The largest absolute Gasteiger partial charge is 0.480 e. The first-order valence-electron chi connectivity index (χ1n) is 16.3. The summed E-state index contributed by atoms with van der Waals surface area (Å²) >= 11 is 6.28. The number of benzene rings is 2. The quantitative estimate of drug-likeness (QED) is 0.231. The SMILES string of the molecule is Cc1cccc([C@H](C(=O)O)N(C)CC[C@@H](c2cc(F)cc(Cl)c2)N2CCN(C(C)C)CC2)c1C1CCC(O[C@@H](C)C(F)(F)F)CC1. The number of carbonyl (C=O) groups is 1. The summed E-state index contributed by atoms with van der Waals surface area (Å²) in [4.78, 5) is 19.5. The van der Waals surface area contributed by atoms with Crippen LogP contribution in [0.5, 0.6) is 0 Å². The van der Waals surface area contributed by atoms with E-state index < -0.39 is 36.2 Å². The highest BCUT2D eigenvalue weighted by Crippen LogP contribution is 2.41. The van der Waals surface area contributed by atoms with E-state index >= 15 is 0 Å². The standard InChI is InChI=1S/C35H48ClF4N3O3/c1-22(2)42-15-17-43(18-16-42)31(26-19-27(36)21-28(37)20-26)13-14-41(5)33(34(44)45)30-8-6-7-23(3)32(30)25-9-11-29(12-10-25)46-24(4)35(38,39)40/h6-8,19-22,24-25,29,31,33H,9-18H2,1-5H3,(H,44,45)/t24-,25?,29?,31-,33+/m0/s1. The van der Waals surface area contributed by atoms with Crippen LogP contribution in [0.2, 0.25) is 5.02 Å². The van der Waals surface area contributed by atoms with E-state index in [2.05, 4.69) is 23.6 Å². The number of carboxylic acid groups (broad SMARTS) is 1. The second kappa shape index (κ2) is 15.8. The van der Waals surface area contributed by atoms with Crippen molar-refractivity contribution in [3.05, 3.63) is 69.5 Å². The van der Waals surface area contributed by atoms with Crippen molar-refractivity contribution >= 4 is 17.6 Å². The first-order chi connectivity index (χ1) is 21.6. The minimum atomic E-state index is -4.40. The normalized spacial score (nSPS) is 22.3. The van der Waals surface area contributed by atoms with Gasteiger partial charge in [0.1, 0.15) is 11.9 Å². The molecule has 0 aromatic heterocycles. The van der Waals surface area contributed by atoms with Gasteiger partial charge >= 0.3 is 12.1 Å². The topological polar surface area (TPSA) is 56.2 Å². The lowest BCUT2D eigenvalue weighted by Gasteiger charge is -2.41. The van der Waals surface area contributed by atoms with Gasteiger partial charge in [0.15, 0.2) is 6.10 Å². The first-order valence-corrected chi connectivity index (χ1v) is 16.7. The zero-order valence-corrected chi connectivity index (χ0v) is 28.3. The van der Waals surface area contributed by atoms with Crippen LogP contribution < -0.4 is 0 Å². The van der Waals surface area contributed by atoms with Crippen molar-refractivity contribution in [2.45, 2.75) is 102 Å². The predicted molar refractivity (Wildman–Crippen MR) is 173 cm³/mol. The number of halogens is 5. The maximum atomic E-state index is 14.5. The number of aliphatic carboxylic acids is 1. The summed E-state index contributed by atoms with van der Waals surface area (Å²) in [6.07, 6.45) is -3.93. The molecule has 6 nitrogen and oxygen atoms in total. The van der Waals surface area contributed by atoms with E-state index in [1.165, 1.54) is 12.1 Å². The Kier molecular flexibility index (Phi) is 12.5. The Hall–Kier alpha value is -2.24. The fourth-order valence-corrected chi connectivity index (χ4v) is 7.49. The highest BCUT2D eigenvalue weighted by molar-refractivity contribution is 6.30. The number of ether oxygens (including phenoxy) is 1. The number of nitrogens with zero attached hydrogens (tertiary/aromatic N) is 3. The maximum Gasteiger partial charge on any atom is 0.414 e. The van der Waals surface area contributed by atoms with Gasteiger partial charge in [0.05, 0.1) is 6.10 Å². The van der Waals surface area contributed by atoms with Crippen LogP contribution in [0, 0.1) is 12.7 Å². The van der Waals surface area contributed by atoms with Crippen molar-refractivity contribution < 1.29 is 32.2 Å². The molecule has 1 aliphatic heterocycles. The molecule has 0 spiro atoms. The van der Waals surface area contributed by atoms with E-state index in [4.69, 9.17) is 16.3 Å². The second-order valence-electron chi connectivity index (χ2n) is 13.3. The molecule has 4 rings (SSSR count). The van der Waals surface area contributed by atoms with E-state index in [-0.39, 0.29) is 12.0 Å². The van der Waals surface area contributed by atoms with Crippen molar-refractivity contribution in [3.63, 3.8) is 0 Å². The molecular weight excluding hydrogens is 622 g/mol. The molecule has 46 heavy (non-hydrogen) atoms. The van der Waals surface area contributed by atoms with Gasteiger partial charge in [-0.3, -0.25) is 19.5 Å². The van der Waals surface area contributed by atoms with Gasteiger partial charge in [-0.15, -0.1) is 0 Å². The fraction of sp³-hybridized carbons (Fsp3) is 0.629. The summed E-state index contributed by atoms with van der Waals surface area (Å²) < 4.78 is 59.1. The maximum absolute atomic E-state index is 14.5. The minimum Gasteiger partial charge on any atom is -0.480 e. The molecule has 2 aromatic carbocycles. The third kappa shape index (κ3) is 9.22. The van der Waals surface area contributed by atoms with Crippen LogP contribution in [-0.4, -0.2) is 90.0 Å². The highest BCUT2D eigenvalue weighted by Gasteiger charge is 2.40. The molecular formula is C35H48ClF4N3O3. The Morgan fingerprint density at radius 1 is 1.04 bits per heavy atom. The number of hydrogen-bond donors (Lipinski definition) is 1. The Morgan fingerprint density at radius 2 is 1.67 bits per heavy atom. The fourth-order valence-electron chi connectivity index (χ4n) is 7.26. The van der Waals surface area contributed by atoms with Gasteiger partial charge < -0.3 is 9.84 Å². The molecule has 2 aliphatic rings. The van der Waals surface area contributed by atoms with Gasteiger partial charge in [0, 0.05) is 49.8 Å². The molecule has 256 valence electrons. The van der Waals surface area contributed by atoms with Gasteiger partial charge in [0.25, 0.3) is 0 Å². The average Bonchev–Trinajstić information content (AvgIpc) is 2.97. The average molecular weight is 670 g/mol. The van der Waals surface area contributed by atoms with Gasteiger partial charge in [-0.2, -0.15) is 13.2 Å². The summed E-state index contributed by atoms with van der Waals surface area (Å²) in [5.41, 5.74) is 3.42. The molecule has 3 atom stereocenters. The molecule has 1 saturated heterocycles. The third-order valence-corrected chi connectivity index (χ3v) is 10.0. The molecule has 11 heteroatoms. The number of hydrogen-bond acceptors (Lipinski definition) is 5. The Morgan fingerprint density at radius 3 is 2.24 bits per heavy atom. The van der Waals surface area contributed by atoms with Crippen molar-refractivity contribution in [3.8, 4) is 0 Å². The van der Waals surface area contributed by atoms with Crippen LogP contribution in [0.3, 0.4) is 0 Å². The van der Waals surface area contributed by atoms with Crippen LogP contribution >= 0.6 is 11.6 Å². The predicted octanol–water partition coefficient (Wildman–Crippen LogP) is 8.00. The summed E-state index contributed by atoms with van der Waals surface area (Å²) in [7, 11) is 1.81. The summed E-state index contributed by atoms with van der Waals surface area (Å²) in [6.45, 7) is 11.2. The molecule has 1 saturated carbocycles. The summed E-state index contributed by atoms with van der Waals surface area (Å²) in [5.74, 6) is -1.35. The molecule has 1 heterocycles. The second-order valence-corrected chi connectivity index (χ2v) is 13.7. The molecule has 0 amide bonds. The molecule has 0 radical (unpaired) electrons. The van der Waals surface area contributed by atoms with Gasteiger partial charge in [-0.25, -0.2) is 4.39 Å². The Labute approximate surface area is 275 Å². The van der Waals surface area contributed by atoms with E-state index in [0.29, 0.717) is 55.3 Å². The van der Waals surface area contributed by atoms with Crippen LogP contribution in [-0.2, 0) is 9.53 Å². The van der Waals surface area contributed by atoms with Gasteiger partial charge in [-0.1, -0.05) is 29.8 Å². The lowest BCUT2D eigenvalue weighted by atomic mass is 9.77. The molecule has 0 bridgehead atoms. The molecule has 0 unspecified atom stereocenters. The van der Waals surface area contributed by atoms with E-state index in [1.54, 1.807) is 13.1 Å². The van der Waals surface area contributed by atoms with E-state index in [0.717, 1.165) is 49.8 Å². The number of carboxylic acids is 1. The van der Waals surface area contributed by atoms with E-state index in [9.17, 15) is 27.5 Å². The summed E-state index contributed by atoms with van der Waals surface area (Å²) in [5, 5.41) is 10.9. The smallest absolute Gasteiger partial charge is 0.414 e. The van der Waals surface area contributed by atoms with Crippen molar-refractivity contribution in [1.29, 1.82) is 0 Å². The first kappa shape index (κ1) is 36.6. The molecule has 2 fully saturated rings. The molecule has 2 aromatic rings. The van der Waals surface area contributed by atoms with Crippen molar-refractivity contribution in [2.24, 2.45) is 0 Å². The Balaban J connectivity index is 1.53. The van der Waals surface area contributed by atoms with Crippen molar-refractivity contribution in [1.82, 2.24) is 14.7 Å². The number of likely N-dealkylation sites (N-methyl/N-ethyl adjacent to an activating group) is 1. The highest BCUT2D eigenvalue weighted by atomic mass is 35.5. The third-order valence-electron chi connectivity index (χ3n) is 9.81. The lowest BCUT2D eigenvalue weighted by Crippen LogP contribution is -2.50. The number of alkyl halides is 3. The van der Waals surface area contributed by atoms with Crippen LogP contribution in [0.4, 0.5) is 17.6 Å². The van der Waals surface area contributed by atoms with E-state index in [1.807, 2.05) is 30.0 Å². The van der Waals surface area contributed by atoms with Crippen molar-refractivity contribution in [2.75, 3.05) is 39.8 Å². The molecule has 1 N–H and O–H groups in total. The summed E-state index contributed by atoms with van der Waals surface area (Å²) in [6, 6.07) is 9.66. The number of aryl methyl sites for hydroxylation is 1. The molecule has 1 aliphatic carbocycles. The monoisotopic (exact) mass is 669 g/mol. The zero-order valence-electron chi connectivity index (χ0n) is 27.5. The number of rotatable bonds is 12. The Bertz CT molecular complexity index is 1290. The van der Waals surface area contributed by atoms with Crippen LogP contribution in [0.1, 0.15) is 93.1 Å².